The summed E-state index contributed by atoms with van der Waals surface area (Å²) in [6.45, 7) is 3.88. The number of methoxy groups -OCH3 is 1. The van der Waals surface area contributed by atoms with Crippen LogP contribution in [0, 0.1) is 13.8 Å². The minimum atomic E-state index is -0.939. The van der Waals surface area contributed by atoms with Crippen molar-refractivity contribution in [2.75, 3.05) is 17.7 Å². The average molecular weight is 683 g/mol. The molecule has 2 aromatic carbocycles. The SMILES string of the molecule is COC(=O)c1cc2cc(NC(=O)c3cc(C)cn3C)ccc2s1.Cc1cc(C(=O)Nc2ccc3sc(C(=O)O)cc3c2)n(C)c1.[Na+].[OH-]. The number of amides is 2. The molecule has 0 aliphatic rings. The fourth-order valence-corrected chi connectivity index (χ4v) is 6.69. The molecule has 4 aromatic heterocycles. The molecule has 0 bridgehead atoms. The molecule has 238 valence electrons. The van der Waals surface area contributed by atoms with Crippen molar-refractivity contribution in [3.8, 4) is 0 Å². The van der Waals surface area contributed by atoms with Crippen LogP contribution in [0.25, 0.3) is 20.2 Å². The Morgan fingerprint density at radius 1 is 0.702 bits per heavy atom. The predicted molar refractivity (Wildman–Crippen MR) is 180 cm³/mol. The number of carboxylic acids is 1. The Morgan fingerprint density at radius 3 is 1.51 bits per heavy atom. The van der Waals surface area contributed by atoms with E-state index >= 15 is 0 Å². The number of aromatic nitrogens is 2. The number of carbonyl (C=O) groups excluding carboxylic acids is 3. The number of carbonyl (C=O) groups is 4. The van der Waals surface area contributed by atoms with Crippen LogP contribution in [0.15, 0.2) is 73.1 Å². The first kappa shape index (κ1) is 37.2. The van der Waals surface area contributed by atoms with Crippen LogP contribution in [0.2, 0.25) is 0 Å². The number of aryl methyl sites for hydroxylation is 4. The van der Waals surface area contributed by atoms with Gasteiger partial charge in [0.15, 0.2) is 0 Å². The second-order valence-electron chi connectivity index (χ2n) is 10.5. The maximum absolute atomic E-state index is 12.3. The second-order valence-corrected chi connectivity index (χ2v) is 12.6. The summed E-state index contributed by atoms with van der Waals surface area (Å²) in [6, 6.07) is 18.0. The van der Waals surface area contributed by atoms with Crippen molar-refractivity contribution in [3.05, 3.63) is 105 Å². The number of benzene rings is 2. The molecule has 4 heterocycles. The summed E-state index contributed by atoms with van der Waals surface area (Å²) in [7, 11) is 5.02. The summed E-state index contributed by atoms with van der Waals surface area (Å²) in [5, 5.41) is 16.5. The molecule has 14 heteroatoms. The third kappa shape index (κ3) is 8.57. The Hall–Kier alpha value is -4.24. The number of hydrogen-bond donors (Lipinski definition) is 3. The third-order valence-electron chi connectivity index (χ3n) is 6.89. The van der Waals surface area contributed by atoms with Crippen molar-refractivity contribution in [3.63, 3.8) is 0 Å². The number of rotatable bonds is 6. The third-order valence-corrected chi connectivity index (χ3v) is 9.09. The molecular formula is C33H31N4NaO7S2. The van der Waals surface area contributed by atoms with Crippen LogP contribution in [0.3, 0.4) is 0 Å². The van der Waals surface area contributed by atoms with E-state index in [1.54, 1.807) is 33.4 Å². The minimum Gasteiger partial charge on any atom is -0.870 e. The largest absolute Gasteiger partial charge is 1.00 e. The smallest absolute Gasteiger partial charge is 0.870 e. The zero-order valence-corrected chi connectivity index (χ0v) is 30.2. The van der Waals surface area contributed by atoms with Crippen LogP contribution < -0.4 is 40.2 Å². The van der Waals surface area contributed by atoms with E-state index in [-0.39, 0.29) is 57.7 Å². The summed E-state index contributed by atoms with van der Waals surface area (Å²) in [5.41, 5.74) is 4.57. The van der Waals surface area contributed by atoms with Crippen molar-refractivity contribution < 1.29 is 64.1 Å². The maximum Gasteiger partial charge on any atom is 1.00 e. The first-order valence-electron chi connectivity index (χ1n) is 13.7. The Labute approximate surface area is 300 Å². The van der Waals surface area contributed by atoms with Crippen molar-refractivity contribution >= 4 is 78.0 Å². The fourth-order valence-electron chi connectivity index (χ4n) is 4.85. The van der Waals surface area contributed by atoms with Gasteiger partial charge in [-0.2, -0.15) is 0 Å². The van der Waals surface area contributed by atoms with Crippen molar-refractivity contribution in [1.29, 1.82) is 0 Å². The molecule has 0 atom stereocenters. The van der Waals surface area contributed by atoms with Crippen LogP contribution in [-0.2, 0) is 18.8 Å². The molecule has 4 N–H and O–H groups in total. The van der Waals surface area contributed by atoms with Crippen molar-refractivity contribution in [2.45, 2.75) is 13.8 Å². The average Bonchev–Trinajstić information content (AvgIpc) is 3.77. The van der Waals surface area contributed by atoms with Gasteiger partial charge in [-0.3, -0.25) is 9.59 Å². The van der Waals surface area contributed by atoms with Gasteiger partial charge in [0, 0.05) is 47.3 Å². The number of nitrogens with zero attached hydrogens (tertiary/aromatic N) is 2. The number of nitrogens with one attached hydrogen (secondary N) is 2. The van der Waals surface area contributed by atoms with E-state index in [0.717, 1.165) is 31.3 Å². The number of aromatic carboxylic acids is 1. The monoisotopic (exact) mass is 682 g/mol. The van der Waals surface area contributed by atoms with Gasteiger partial charge in [0.25, 0.3) is 11.8 Å². The summed E-state index contributed by atoms with van der Waals surface area (Å²) in [5.74, 6) is -1.64. The number of fused-ring (bicyclic) bond motifs is 2. The summed E-state index contributed by atoms with van der Waals surface area (Å²) in [4.78, 5) is 48.0. The molecule has 0 radical (unpaired) electrons. The first-order valence-corrected chi connectivity index (χ1v) is 15.3. The van der Waals surface area contributed by atoms with Crippen LogP contribution in [0.5, 0.6) is 0 Å². The molecule has 2 amide bonds. The number of esters is 1. The normalized spacial score (nSPS) is 10.3. The van der Waals surface area contributed by atoms with Crippen LogP contribution >= 0.6 is 22.7 Å². The molecule has 0 aliphatic carbocycles. The molecule has 47 heavy (non-hydrogen) atoms. The zero-order valence-electron chi connectivity index (χ0n) is 26.6. The van der Waals surface area contributed by atoms with E-state index in [1.807, 2.05) is 76.7 Å². The maximum atomic E-state index is 12.3. The predicted octanol–water partition coefficient (Wildman–Crippen LogP) is 3.91. The van der Waals surface area contributed by atoms with E-state index in [9.17, 15) is 19.2 Å². The van der Waals surface area contributed by atoms with E-state index in [4.69, 9.17) is 9.84 Å². The summed E-state index contributed by atoms with van der Waals surface area (Å²) in [6.07, 6.45) is 3.79. The van der Waals surface area contributed by atoms with Gasteiger partial charge in [-0.1, -0.05) is 0 Å². The first-order chi connectivity index (χ1) is 21.4. The standard InChI is InChI=1S/C17H16N2O3S.C16H14N2O3S.Na.H2O/c1-10-6-13(19(2)9-10)16(20)18-12-4-5-14-11(7-12)8-15(23-14)17(21)22-3;1-9-5-12(18(2)8-9)15(19)17-11-3-4-13-10(6-11)7-14(22-13)16(20)21;;/h4-9H,1-3H3,(H,18,20);3-8H,1-2H3,(H,17,19)(H,20,21);;1H2/q;;+1;/p-1. The molecule has 6 aromatic rings. The molecule has 0 unspecified atom stereocenters. The molecule has 0 fully saturated rings. The summed E-state index contributed by atoms with van der Waals surface area (Å²) >= 11 is 2.59. The topological polar surface area (TPSA) is 162 Å². The molecular weight excluding hydrogens is 652 g/mol. The number of thiophene rings is 2. The van der Waals surface area contributed by atoms with Crippen molar-refractivity contribution in [2.24, 2.45) is 14.1 Å². The molecule has 0 aliphatic heterocycles. The van der Waals surface area contributed by atoms with Gasteiger partial charge < -0.3 is 35.1 Å². The van der Waals surface area contributed by atoms with E-state index in [2.05, 4.69) is 10.6 Å². The second kappa shape index (κ2) is 15.6. The van der Waals surface area contributed by atoms with E-state index in [1.165, 1.54) is 29.8 Å². The van der Waals surface area contributed by atoms with Crippen LogP contribution in [0.4, 0.5) is 11.4 Å². The number of anilines is 2. The number of carboxylic acid groups (broad SMARTS) is 1. The van der Waals surface area contributed by atoms with Gasteiger partial charge in [0.2, 0.25) is 0 Å². The van der Waals surface area contributed by atoms with Gasteiger partial charge in [-0.15, -0.1) is 22.7 Å². The number of ether oxygens (including phenoxy) is 1. The van der Waals surface area contributed by atoms with Gasteiger partial charge >= 0.3 is 41.5 Å². The van der Waals surface area contributed by atoms with Gasteiger partial charge in [0.1, 0.15) is 21.1 Å². The Bertz CT molecular complexity index is 2110. The molecule has 0 saturated heterocycles. The Morgan fingerprint density at radius 2 is 1.13 bits per heavy atom. The zero-order chi connectivity index (χ0) is 32.4. The quantitative estimate of drug-likeness (QED) is 0.177. The number of hydrogen-bond acceptors (Lipinski definition) is 8. The van der Waals surface area contributed by atoms with E-state index < -0.39 is 5.97 Å². The molecule has 6 rings (SSSR count). The summed E-state index contributed by atoms with van der Waals surface area (Å²) < 4.78 is 10.2. The van der Waals surface area contributed by atoms with Gasteiger partial charge in [0.05, 0.1) is 7.11 Å². The van der Waals surface area contributed by atoms with Crippen molar-refractivity contribution in [1.82, 2.24) is 9.13 Å². The van der Waals surface area contributed by atoms with Crippen LogP contribution in [-0.4, -0.2) is 50.6 Å². The molecule has 0 spiro atoms. The fraction of sp³-hybridized carbons (Fsp3) is 0.152. The minimum absolute atomic E-state index is 0. The van der Waals surface area contributed by atoms with Crippen LogP contribution in [0.1, 0.15) is 51.4 Å². The Kier molecular flexibility index (Phi) is 12.3. The molecule has 11 nitrogen and oxygen atoms in total. The Balaban J connectivity index is 0.000000245. The van der Waals surface area contributed by atoms with Gasteiger partial charge in [-0.25, -0.2) is 9.59 Å². The van der Waals surface area contributed by atoms with Gasteiger partial charge in [-0.05, 0) is 96.4 Å². The van der Waals surface area contributed by atoms with E-state index in [0.29, 0.717) is 27.6 Å². The molecule has 0 saturated carbocycles.